The van der Waals surface area contributed by atoms with Crippen molar-refractivity contribution in [3.63, 3.8) is 0 Å². The first-order valence-electron chi connectivity index (χ1n) is 9.88. The molecule has 5 nitrogen and oxygen atoms in total. The van der Waals surface area contributed by atoms with Crippen LogP contribution in [-0.4, -0.2) is 17.7 Å². The molecule has 3 amide bonds. The summed E-state index contributed by atoms with van der Waals surface area (Å²) in [6.45, 7) is 1.40. The molecular formula is C25H19FN2O3S. The second kappa shape index (κ2) is 9.20. The summed E-state index contributed by atoms with van der Waals surface area (Å²) in [4.78, 5) is 39.1. The van der Waals surface area contributed by atoms with Gasteiger partial charge in [0.2, 0.25) is 5.91 Å². The van der Waals surface area contributed by atoms with Crippen molar-refractivity contribution in [2.24, 2.45) is 0 Å². The Balaban J connectivity index is 1.73. The summed E-state index contributed by atoms with van der Waals surface area (Å²) in [7, 11) is 0. The Kier molecular flexibility index (Phi) is 6.18. The van der Waals surface area contributed by atoms with Crippen LogP contribution in [0.25, 0.3) is 5.57 Å². The lowest BCUT2D eigenvalue weighted by atomic mass is 10.1. The molecule has 7 heteroatoms. The molecule has 3 aromatic rings. The van der Waals surface area contributed by atoms with Gasteiger partial charge in [-0.15, -0.1) is 11.8 Å². The third kappa shape index (κ3) is 4.33. The van der Waals surface area contributed by atoms with Gasteiger partial charge in [0.25, 0.3) is 11.8 Å². The first-order valence-corrected chi connectivity index (χ1v) is 10.9. The molecule has 0 atom stereocenters. The molecule has 0 unspecified atom stereocenters. The van der Waals surface area contributed by atoms with Crippen LogP contribution in [0.5, 0.6) is 0 Å². The highest BCUT2D eigenvalue weighted by atomic mass is 32.2. The molecule has 0 aromatic heterocycles. The number of hydrogen-bond acceptors (Lipinski definition) is 4. The third-order valence-corrected chi connectivity index (χ3v) is 6.00. The van der Waals surface area contributed by atoms with Gasteiger partial charge < -0.3 is 5.32 Å². The van der Waals surface area contributed by atoms with Crippen molar-refractivity contribution in [3.05, 3.63) is 101 Å². The maximum absolute atomic E-state index is 14.5. The van der Waals surface area contributed by atoms with Crippen LogP contribution < -0.4 is 10.2 Å². The van der Waals surface area contributed by atoms with Gasteiger partial charge in [0.15, 0.2) is 0 Å². The van der Waals surface area contributed by atoms with Crippen molar-refractivity contribution < 1.29 is 18.8 Å². The zero-order valence-corrected chi connectivity index (χ0v) is 18.0. The van der Waals surface area contributed by atoms with Crippen molar-refractivity contribution in [2.75, 3.05) is 10.2 Å². The lowest BCUT2D eigenvalue weighted by Gasteiger charge is -2.16. The van der Waals surface area contributed by atoms with Crippen molar-refractivity contribution in [1.29, 1.82) is 0 Å². The zero-order chi connectivity index (χ0) is 22.7. The zero-order valence-electron chi connectivity index (χ0n) is 17.2. The summed E-state index contributed by atoms with van der Waals surface area (Å²) in [5, 5.41) is 2.67. The molecule has 32 heavy (non-hydrogen) atoms. The summed E-state index contributed by atoms with van der Waals surface area (Å²) in [5.41, 5.74) is 2.23. The lowest BCUT2D eigenvalue weighted by Crippen LogP contribution is -2.32. The Morgan fingerprint density at radius 2 is 1.56 bits per heavy atom. The number of anilines is 2. The second-order valence-corrected chi connectivity index (χ2v) is 8.12. The molecular weight excluding hydrogens is 427 g/mol. The van der Waals surface area contributed by atoms with Gasteiger partial charge in [-0.05, 0) is 35.4 Å². The Bertz CT molecular complexity index is 1220. The van der Waals surface area contributed by atoms with Crippen LogP contribution in [0.4, 0.5) is 15.8 Å². The lowest BCUT2D eigenvalue weighted by molar-refractivity contribution is -0.120. The summed E-state index contributed by atoms with van der Waals surface area (Å²) in [5.74, 6) is -1.52. The van der Waals surface area contributed by atoms with Crippen LogP contribution in [0, 0.1) is 5.82 Å². The number of carbonyl (C=O) groups is 3. The van der Waals surface area contributed by atoms with E-state index in [4.69, 9.17) is 0 Å². The fourth-order valence-electron chi connectivity index (χ4n) is 3.40. The van der Waals surface area contributed by atoms with E-state index >= 15 is 0 Å². The second-order valence-electron chi connectivity index (χ2n) is 7.13. The normalized spacial score (nSPS) is 13.6. The van der Waals surface area contributed by atoms with Gasteiger partial charge in [0.1, 0.15) is 5.82 Å². The van der Waals surface area contributed by atoms with Crippen molar-refractivity contribution >= 4 is 46.4 Å². The fraction of sp³-hybridized carbons (Fsp3) is 0.0800. The van der Waals surface area contributed by atoms with Gasteiger partial charge in [0, 0.05) is 18.4 Å². The minimum atomic E-state index is -0.649. The number of amides is 3. The predicted molar refractivity (Wildman–Crippen MR) is 124 cm³/mol. The first-order chi connectivity index (χ1) is 15.5. The number of para-hydroxylation sites is 1. The predicted octanol–water partition coefficient (Wildman–Crippen LogP) is 5.00. The van der Waals surface area contributed by atoms with Crippen LogP contribution in [0.2, 0.25) is 0 Å². The van der Waals surface area contributed by atoms with Crippen molar-refractivity contribution in [2.45, 2.75) is 12.7 Å². The summed E-state index contributed by atoms with van der Waals surface area (Å²) in [6.07, 6.45) is 0. The number of nitrogens with zero attached hydrogens (tertiary/aromatic N) is 1. The minimum Gasteiger partial charge on any atom is -0.326 e. The Morgan fingerprint density at radius 3 is 2.22 bits per heavy atom. The van der Waals surface area contributed by atoms with E-state index < -0.39 is 17.6 Å². The Hall–Kier alpha value is -3.71. The quantitative estimate of drug-likeness (QED) is 0.541. The molecule has 3 aromatic carbocycles. The van der Waals surface area contributed by atoms with Crippen LogP contribution in [0.1, 0.15) is 18.1 Å². The molecule has 1 N–H and O–H groups in total. The van der Waals surface area contributed by atoms with Gasteiger partial charge in [-0.2, -0.15) is 0 Å². The molecule has 0 saturated carbocycles. The van der Waals surface area contributed by atoms with Crippen LogP contribution in [0.3, 0.4) is 0 Å². The largest absolute Gasteiger partial charge is 0.326 e. The first kappa shape index (κ1) is 21.5. The molecule has 0 radical (unpaired) electrons. The van der Waals surface area contributed by atoms with Gasteiger partial charge in [-0.25, -0.2) is 9.29 Å². The smallest absolute Gasteiger partial charge is 0.272 e. The number of benzene rings is 3. The Labute approximate surface area is 188 Å². The number of nitrogens with one attached hydrogen (secondary N) is 1. The standard InChI is InChI=1S/C25H19FN2O3S/c1-16(29)27-19-13-11-18(12-14-19)22-23(32-15-17-7-3-2-4-8-17)25(31)28(24(22)30)21-10-6-5-9-20(21)26/h2-14H,15H2,1H3,(H,27,29). The van der Waals surface area contributed by atoms with Crippen LogP contribution >= 0.6 is 11.8 Å². The molecule has 1 heterocycles. The molecule has 1 aliphatic rings. The number of rotatable bonds is 6. The third-order valence-electron chi connectivity index (χ3n) is 4.85. The van der Waals surface area contributed by atoms with Crippen LogP contribution in [-0.2, 0) is 20.1 Å². The van der Waals surface area contributed by atoms with E-state index in [0.717, 1.165) is 10.5 Å². The maximum atomic E-state index is 14.5. The molecule has 0 fully saturated rings. The number of imide groups is 1. The maximum Gasteiger partial charge on any atom is 0.272 e. The van der Waals surface area contributed by atoms with E-state index in [0.29, 0.717) is 17.0 Å². The molecule has 0 spiro atoms. The summed E-state index contributed by atoms with van der Waals surface area (Å²) < 4.78 is 14.5. The van der Waals surface area contributed by atoms with Crippen molar-refractivity contribution in [3.8, 4) is 0 Å². The monoisotopic (exact) mass is 446 g/mol. The number of halogens is 1. The van der Waals surface area contributed by atoms with Crippen molar-refractivity contribution in [1.82, 2.24) is 0 Å². The van der Waals surface area contributed by atoms with E-state index in [9.17, 15) is 18.8 Å². The molecule has 0 saturated heterocycles. The fourth-order valence-corrected chi connectivity index (χ4v) is 4.47. The van der Waals surface area contributed by atoms with Crippen LogP contribution in [0.15, 0.2) is 83.8 Å². The number of thioether (sulfide) groups is 1. The van der Waals surface area contributed by atoms with Gasteiger partial charge in [-0.1, -0.05) is 54.6 Å². The van der Waals surface area contributed by atoms with E-state index in [2.05, 4.69) is 5.32 Å². The van der Waals surface area contributed by atoms with Gasteiger partial charge >= 0.3 is 0 Å². The highest BCUT2D eigenvalue weighted by molar-refractivity contribution is 8.03. The number of hydrogen-bond donors (Lipinski definition) is 1. The highest BCUT2D eigenvalue weighted by Crippen LogP contribution is 2.40. The van der Waals surface area contributed by atoms with E-state index in [1.54, 1.807) is 30.3 Å². The molecule has 160 valence electrons. The van der Waals surface area contributed by atoms with E-state index in [-0.39, 0.29) is 22.1 Å². The molecule has 4 rings (SSSR count). The molecule has 0 bridgehead atoms. The summed E-state index contributed by atoms with van der Waals surface area (Å²) >= 11 is 1.25. The molecule has 0 aliphatic carbocycles. The minimum absolute atomic E-state index is 0.0785. The topological polar surface area (TPSA) is 66.5 Å². The highest BCUT2D eigenvalue weighted by Gasteiger charge is 2.41. The average Bonchev–Trinajstić information content (AvgIpc) is 3.03. The Morgan fingerprint density at radius 1 is 0.906 bits per heavy atom. The van der Waals surface area contributed by atoms with Gasteiger partial charge in [0.05, 0.1) is 16.2 Å². The molecule has 1 aliphatic heterocycles. The SMILES string of the molecule is CC(=O)Nc1ccc(C2=C(SCc3ccccc3)C(=O)N(c3ccccc3F)C2=O)cc1. The van der Waals surface area contributed by atoms with Gasteiger partial charge in [-0.3, -0.25) is 14.4 Å². The number of carbonyl (C=O) groups excluding carboxylic acids is 3. The van der Waals surface area contributed by atoms with E-state index in [1.807, 2.05) is 30.3 Å². The average molecular weight is 447 g/mol. The summed E-state index contributed by atoms with van der Waals surface area (Å²) in [6, 6.07) is 21.9. The van der Waals surface area contributed by atoms with E-state index in [1.165, 1.54) is 36.9 Å².